The Kier molecular flexibility index (Phi) is 3.51. The first kappa shape index (κ1) is 14.2. The molecule has 108 valence electrons. The molecule has 6 heteroatoms. The first-order valence-electron chi connectivity index (χ1n) is 6.39. The van der Waals surface area contributed by atoms with E-state index in [9.17, 15) is 8.42 Å². The molecule has 0 unspecified atom stereocenters. The topological polar surface area (TPSA) is 59.9 Å². The van der Waals surface area contributed by atoms with Crippen molar-refractivity contribution in [1.82, 2.24) is 9.97 Å². The van der Waals surface area contributed by atoms with Crippen molar-refractivity contribution < 1.29 is 8.42 Å². The van der Waals surface area contributed by atoms with Gasteiger partial charge in [0.15, 0.2) is 9.84 Å². The van der Waals surface area contributed by atoms with Crippen molar-refractivity contribution in [3.8, 4) is 11.4 Å². The molecule has 0 aliphatic carbocycles. The Morgan fingerprint density at radius 3 is 2.67 bits per heavy atom. The number of benzene rings is 1. The van der Waals surface area contributed by atoms with Gasteiger partial charge in [0.2, 0.25) is 0 Å². The van der Waals surface area contributed by atoms with E-state index in [1.165, 1.54) is 17.6 Å². The van der Waals surface area contributed by atoms with E-state index in [4.69, 9.17) is 0 Å². The fraction of sp³-hybridized carbons (Fsp3) is 0.200. The summed E-state index contributed by atoms with van der Waals surface area (Å²) in [6.45, 7) is 2.00. The highest BCUT2D eigenvalue weighted by Gasteiger charge is 2.09. The number of aryl methyl sites for hydroxylation is 1. The number of nitrogens with zero attached hydrogens (tertiary/aromatic N) is 2. The molecule has 3 rings (SSSR count). The summed E-state index contributed by atoms with van der Waals surface area (Å²) in [6.07, 6.45) is 1.24. The maximum atomic E-state index is 11.4. The molecule has 0 aliphatic heterocycles. The van der Waals surface area contributed by atoms with Crippen molar-refractivity contribution in [2.75, 3.05) is 6.26 Å². The van der Waals surface area contributed by atoms with Crippen LogP contribution in [0.15, 0.2) is 35.2 Å². The minimum Gasteiger partial charge on any atom is -0.246 e. The van der Waals surface area contributed by atoms with Gasteiger partial charge in [0.05, 0.1) is 28.2 Å². The fourth-order valence-corrected chi connectivity index (χ4v) is 3.64. The molecular weight excluding hydrogens is 304 g/mol. The molecule has 3 aromatic rings. The maximum absolute atomic E-state index is 11.4. The Morgan fingerprint density at radius 1 is 1.19 bits per heavy atom. The lowest BCUT2D eigenvalue weighted by Crippen LogP contribution is -2.01. The molecular formula is C15H14N2O2S2. The van der Waals surface area contributed by atoms with E-state index in [1.54, 1.807) is 5.51 Å². The van der Waals surface area contributed by atoms with Crippen molar-refractivity contribution >= 4 is 32.1 Å². The van der Waals surface area contributed by atoms with Crippen LogP contribution in [-0.4, -0.2) is 24.6 Å². The van der Waals surface area contributed by atoms with E-state index in [0.29, 0.717) is 0 Å². The lowest BCUT2D eigenvalue weighted by molar-refractivity contribution is 0.601. The predicted molar refractivity (Wildman–Crippen MR) is 86.1 cm³/mol. The second-order valence-corrected chi connectivity index (χ2v) is 7.98. The summed E-state index contributed by atoms with van der Waals surface area (Å²) in [5.41, 5.74) is 6.21. The highest BCUT2D eigenvalue weighted by molar-refractivity contribution is 7.89. The molecule has 0 N–H and O–H groups in total. The third-order valence-corrected chi connectivity index (χ3v) is 4.65. The molecule has 0 saturated carbocycles. The van der Waals surface area contributed by atoms with Crippen LogP contribution in [0.4, 0.5) is 0 Å². The van der Waals surface area contributed by atoms with E-state index in [1.807, 2.05) is 36.6 Å². The van der Waals surface area contributed by atoms with E-state index < -0.39 is 9.84 Å². The van der Waals surface area contributed by atoms with Gasteiger partial charge in [0.25, 0.3) is 0 Å². The molecule has 2 aromatic heterocycles. The van der Waals surface area contributed by atoms with Crippen LogP contribution >= 0.6 is 11.3 Å². The summed E-state index contributed by atoms with van der Waals surface area (Å²) in [7, 11) is -3.03. The van der Waals surface area contributed by atoms with Gasteiger partial charge in [0.1, 0.15) is 0 Å². The summed E-state index contributed by atoms with van der Waals surface area (Å²) in [6, 6.07) is 7.59. The largest absolute Gasteiger partial charge is 0.246 e. The van der Waals surface area contributed by atoms with Crippen molar-refractivity contribution in [1.29, 1.82) is 0 Å². The zero-order valence-electron chi connectivity index (χ0n) is 11.7. The number of rotatable bonds is 3. The van der Waals surface area contributed by atoms with Crippen LogP contribution in [0.25, 0.3) is 22.3 Å². The average molecular weight is 318 g/mol. The van der Waals surface area contributed by atoms with Gasteiger partial charge in [-0.05, 0) is 36.2 Å². The zero-order valence-corrected chi connectivity index (χ0v) is 13.3. The van der Waals surface area contributed by atoms with Gasteiger partial charge in [-0.1, -0.05) is 6.07 Å². The standard InChI is InChI=1S/C15H14N2O2S2/c1-10-5-14(15-7-20-9-16-15)17-13-4-3-11(6-12(10)13)8-21(2,18)19/h3-7,9H,8H2,1-2H3. The van der Waals surface area contributed by atoms with Gasteiger partial charge in [0, 0.05) is 17.0 Å². The summed E-state index contributed by atoms with van der Waals surface area (Å²) in [5.74, 6) is 0.0518. The number of hydrogen-bond donors (Lipinski definition) is 0. The third-order valence-electron chi connectivity index (χ3n) is 3.20. The molecule has 0 aliphatic rings. The number of aromatic nitrogens is 2. The van der Waals surface area contributed by atoms with E-state index in [2.05, 4.69) is 9.97 Å². The molecule has 21 heavy (non-hydrogen) atoms. The van der Waals surface area contributed by atoms with E-state index >= 15 is 0 Å². The van der Waals surface area contributed by atoms with Gasteiger partial charge in [-0.3, -0.25) is 0 Å². The molecule has 0 saturated heterocycles. The van der Waals surface area contributed by atoms with Crippen molar-refractivity contribution in [2.45, 2.75) is 12.7 Å². The lowest BCUT2D eigenvalue weighted by atomic mass is 10.1. The summed E-state index contributed by atoms with van der Waals surface area (Å²) in [4.78, 5) is 8.89. The van der Waals surface area contributed by atoms with E-state index in [0.717, 1.165) is 33.4 Å². The van der Waals surface area contributed by atoms with Crippen LogP contribution in [0.1, 0.15) is 11.1 Å². The van der Waals surface area contributed by atoms with E-state index in [-0.39, 0.29) is 5.75 Å². The molecule has 0 spiro atoms. The first-order chi connectivity index (χ1) is 9.92. The van der Waals surface area contributed by atoms with Crippen LogP contribution in [0.3, 0.4) is 0 Å². The van der Waals surface area contributed by atoms with Gasteiger partial charge in [-0.15, -0.1) is 11.3 Å². The Hall–Kier alpha value is -1.79. The van der Waals surface area contributed by atoms with Crippen LogP contribution in [-0.2, 0) is 15.6 Å². The number of pyridine rings is 1. The molecule has 0 amide bonds. The highest BCUT2D eigenvalue weighted by Crippen LogP contribution is 2.25. The van der Waals surface area contributed by atoms with Crippen molar-refractivity contribution in [3.05, 3.63) is 46.3 Å². The van der Waals surface area contributed by atoms with Gasteiger partial charge < -0.3 is 0 Å². The summed E-state index contributed by atoms with van der Waals surface area (Å²) < 4.78 is 22.8. The normalized spacial score (nSPS) is 11.9. The molecule has 0 atom stereocenters. The fourth-order valence-electron chi connectivity index (χ4n) is 2.30. The predicted octanol–water partition coefficient (Wildman–Crippen LogP) is 3.21. The lowest BCUT2D eigenvalue weighted by Gasteiger charge is -2.07. The Morgan fingerprint density at radius 2 is 2.00 bits per heavy atom. The van der Waals surface area contributed by atoms with Crippen LogP contribution in [0.5, 0.6) is 0 Å². The Bertz CT molecular complexity index is 901. The molecule has 0 radical (unpaired) electrons. The molecule has 1 aromatic carbocycles. The number of hydrogen-bond acceptors (Lipinski definition) is 5. The number of sulfone groups is 1. The Balaban J connectivity index is 2.12. The van der Waals surface area contributed by atoms with Gasteiger partial charge in [-0.2, -0.15) is 0 Å². The SMILES string of the molecule is Cc1cc(-c2cscn2)nc2ccc(CS(C)(=O)=O)cc12. The Labute approximate surface area is 127 Å². The van der Waals surface area contributed by atoms with Crippen LogP contribution < -0.4 is 0 Å². The monoisotopic (exact) mass is 318 g/mol. The molecule has 2 heterocycles. The van der Waals surface area contributed by atoms with Gasteiger partial charge >= 0.3 is 0 Å². The molecule has 4 nitrogen and oxygen atoms in total. The summed E-state index contributed by atoms with van der Waals surface area (Å²) >= 11 is 1.54. The minimum atomic E-state index is -3.03. The number of fused-ring (bicyclic) bond motifs is 1. The maximum Gasteiger partial charge on any atom is 0.151 e. The third kappa shape index (κ3) is 3.11. The first-order valence-corrected chi connectivity index (χ1v) is 9.39. The molecule has 0 fully saturated rings. The second-order valence-electron chi connectivity index (χ2n) is 5.12. The number of thiazole rings is 1. The van der Waals surface area contributed by atoms with Gasteiger partial charge in [-0.25, -0.2) is 18.4 Å². The quantitative estimate of drug-likeness (QED) is 0.744. The second kappa shape index (κ2) is 5.20. The minimum absolute atomic E-state index is 0.0518. The summed E-state index contributed by atoms with van der Waals surface area (Å²) in [5, 5.41) is 2.95. The van der Waals surface area contributed by atoms with Crippen molar-refractivity contribution in [2.24, 2.45) is 0 Å². The van der Waals surface area contributed by atoms with Crippen molar-refractivity contribution in [3.63, 3.8) is 0 Å². The van der Waals surface area contributed by atoms with Crippen LogP contribution in [0, 0.1) is 6.92 Å². The average Bonchev–Trinajstić information content (AvgIpc) is 2.91. The van der Waals surface area contributed by atoms with Crippen LogP contribution in [0.2, 0.25) is 0 Å². The highest BCUT2D eigenvalue weighted by atomic mass is 32.2. The molecule has 0 bridgehead atoms. The smallest absolute Gasteiger partial charge is 0.151 e. The zero-order chi connectivity index (χ0) is 15.0.